The Morgan fingerprint density at radius 3 is 1.61 bits per heavy atom. The fraction of sp³-hybridized carbons (Fsp3) is 0.0204. The summed E-state index contributed by atoms with van der Waals surface area (Å²) in [5.41, 5.74) is 18.7. The largest absolute Gasteiger partial charge is 0.309 e. The lowest BCUT2D eigenvalue weighted by Gasteiger charge is -2.30. The van der Waals surface area contributed by atoms with E-state index < -0.39 is 0 Å². The summed E-state index contributed by atoms with van der Waals surface area (Å²) in [6, 6.07) is 67.4. The summed E-state index contributed by atoms with van der Waals surface area (Å²) in [4.78, 5) is 0. The van der Waals surface area contributed by atoms with Gasteiger partial charge in [-0.05, 0) is 103 Å². The summed E-state index contributed by atoms with van der Waals surface area (Å²) in [7, 11) is 0. The zero-order valence-electron chi connectivity index (χ0n) is 27.6. The van der Waals surface area contributed by atoms with Crippen LogP contribution in [0.5, 0.6) is 0 Å². The molecule has 0 amide bonds. The average molecular weight is 713 g/mol. The van der Waals surface area contributed by atoms with Crippen LogP contribution in [0.4, 0.5) is 0 Å². The van der Waals surface area contributed by atoms with Gasteiger partial charge in [0.15, 0.2) is 0 Å². The molecule has 238 valence electrons. The van der Waals surface area contributed by atoms with Gasteiger partial charge in [0.2, 0.25) is 0 Å². The molecule has 0 N–H and O–H groups in total. The van der Waals surface area contributed by atoms with Gasteiger partial charge in [-0.25, -0.2) is 0 Å². The zero-order valence-corrected chi connectivity index (χ0v) is 29.2. The molecule has 1 aromatic heterocycles. The van der Waals surface area contributed by atoms with Gasteiger partial charge in [-0.1, -0.05) is 162 Å². The van der Waals surface area contributed by atoms with Crippen LogP contribution in [0.15, 0.2) is 186 Å². The number of benzene rings is 8. The number of hydrogen-bond donors (Lipinski definition) is 0. The minimum absolute atomic E-state index is 0.384. The van der Waals surface area contributed by atoms with Crippen LogP contribution in [-0.2, 0) is 5.41 Å². The molecule has 0 radical (unpaired) electrons. The zero-order chi connectivity index (χ0) is 33.7. The van der Waals surface area contributed by atoms with Crippen LogP contribution in [-0.4, -0.2) is 4.57 Å². The second-order valence-corrected chi connectivity index (χ2v) is 14.6. The van der Waals surface area contributed by atoms with Gasteiger partial charge in [-0.15, -0.1) is 0 Å². The molecule has 2 aliphatic rings. The Kier molecular flexibility index (Phi) is 6.09. The molecule has 0 saturated carbocycles. The van der Waals surface area contributed by atoms with Crippen LogP contribution in [0.1, 0.15) is 22.3 Å². The van der Waals surface area contributed by atoms with Gasteiger partial charge >= 0.3 is 0 Å². The minimum atomic E-state index is -0.384. The summed E-state index contributed by atoms with van der Waals surface area (Å²) >= 11 is 3.77. The molecule has 2 aliphatic carbocycles. The van der Waals surface area contributed by atoms with Crippen molar-refractivity contribution in [3.05, 3.63) is 209 Å². The maximum atomic E-state index is 3.77. The Balaban J connectivity index is 1.17. The first-order valence-corrected chi connectivity index (χ1v) is 18.3. The van der Waals surface area contributed by atoms with E-state index >= 15 is 0 Å². The fourth-order valence-corrected chi connectivity index (χ4v) is 9.73. The molecule has 11 rings (SSSR count). The molecule has 0 fully saturated rings. The highest BCUT2D eigenvalue weighted by molar-refractivity contribution is 9.10. The van der Waals surface area contributed by atoms with Gasteiger partial charge in [0.25, 0.3) is 0 Å². The van der Waals surface area contributed by atoms with E-state index in [2.05, 4.69) is 202 Å². The first-order valence-electron chi connectivity index (χ1n) is 17.5. The molecule has 51 heavy (non-hydrogen) atoms. The molecule has 1 heterocycles. The van der Waals surface area contributed by atoms with Gasteiger partial charge in [0.05, 0.1) is 16.4 Å². The SMILES string of the molecule is Brc1ccccc1-c1cccc(-c2ccc3c4ccccc4n(-c4ccc5c(c4)C4(c6ccccc6-c6ccccc64)c4ccccc4-5)c3c2)c1. The van der Waals surface area contributed by atoms with Crippen molar-refractivity contribution in [2.45, 2.75) is 5.41 Å². The lowest BCUT2D eigenvalue weighted by atomic mass is 9.70. The van der Waals surface area contributed by atoms with Gasteiger partial charge in [-0.2, -0.15) is 0 Å². The monoisotopic (exact) mass is 711 g/mol. The molecule has 0 atom stereocenters. The van der Waals surface area contributed by atoms with E-state index in [-0.39, 0.29) is 5.41 Å². The van der Waals surface area contributed by atoms with Crippen molar-refractivity contribution in [1.82, 2.24) is 4.57 Å². The molecule has 0 unspecified atom stereocenters. The lowest BCUT2D eigenvalue weighted by Crippen LogP contribution is -2.26. The summed E-state index contributed by atoms with van der Waals surface area (Å²) in [5.74, 6) is 0. The van der Waals surface area contributed by atoms with E-state index in [0.29, 0.717) is 0 Å². The molecule has 0 bridgehead atoms. The second kappa shape index (κ2) is 10.8. The molecule has 9 aromatic rings. The van der Waals surface area contributed by atoms with Crippen molar-refractivity contribution >= 4 is 37.7 Å². The molecule has 8 aromatic carbocycles. The fourth-order valence-electron chi connectivity index (χ4n) is 9.21. The number of aromatic nitrogens is 1. The van der Waals surface area contributed by atoms with Crippen LogP contribution < -0.4 is 0 Å². The number of hydrogen-bond acceptors (Lipinski definition) is 0. The summed E-state index contributed by atoms with van der Waals surface area (Å²) < 4.78 is 3.58. The highest BCUT2D eigenvalue weighted by Gasteiger charge is 2.51. The Bertz CT molecular complexity index is 2830. The summed E-state index contributed by atoms with van der Waals surface area (Å²) in [6.45, 7) is 0. The predicted octanol–water partition coefficient (Wildman–Crippen LogP) is 13.2. The number of nitrogens with zero attached hydrogens (tertiary/aromatic N) is 1. The van der Waals surface area contributed by atoms with E-state index in [0.717, 1.165) is 4.47 Å². The van der Waals surface area contributed by atoms with Crippen molar-refractivity contribution in [2.75, 3.05) is 0 Å². The summed E-state index contributed by atoms with van der Waals surface area (Å²) in [6.07, 6.45) is 0. The van der Waals surface area contributed by atoms with Crippen LogP contribution >= 0.6 is 15.9 Å². The maximum Gasteiger partial charge on any atom is 0.0726 e. The van der Waals surface area contributed by atoms with E-state index in [1.807, 2.05) is 0 Å². The molecule has 0 aliphatic heterocycles. The van der Waals surface area contributed by atoms with E-state index in [1.165, 1.54) is 94.3 Å². The van der Waals surface area contributed by atoms with Gasteiger partial charge in [0, 0.05) is 20.9 Å². The third kappa shape index (κ3) is 3.91. The highest BCUT2D eigenvalue weighted by atomic mass is 79.9. The average Bonchev–Trinajstić information content (AvgIpc) is 3.79. The minimum Gasteiger partial charge on any atom is -0.309 e. The maximum absolute atomic E-state index is 3.77. The van der Waals surface area contributed by atoms with Gasteiger partial charge in [0.1, 0.15) is 0 Å². The Morgan fingerprint density at radius 2 is 0.902 bits per heavy atom. The van der Waals surface area contributed by atoms with Crippen LogP contribution in [0.3, 0.4) is 0 Å². The van der Waals surface area contributed by atoms with Crippen LogP contribution in [0, 0.1) is 0 Å². The van der Waals surface area contributed by atoms with Crippen molar-refractivity contribution in [3.63, 3.8) is 0 Å². The highest BCUT2D eigenvalue weighted by Crippen LogP contribution is 2.63. The Morgan fingerprint density at radius 1 is 0.353 bits per heavy atom. The first kappa shape index (κ1) is 28.8. The lowest BCUT2D eigenvalue weighted by molar-refractivity contribution is 0.792. The third-order valence-electron chi connectivity index (χ3n) is 11.3. The molecule has 2 heteroatoms. The van der Waals surface area contributed by atoms with Crippen LogP contribution in [0.2, 0.25) is 0 Å². The third-order valence-corrected chi connectivity index (χ3v) is 12.0. The molecular formula is C49H30BrN. The summed E-state index contributed by atoms with van der Waals surface area (Å²) in [5, 5.41) is 2.52. The number of fused-ring (bicyclic) bond motifs is 13. The van der Waals surface area contributed by atoms with Gasteiger partial charge < -0.3 is 4.57 Å². The molecule has 0 saturated heterocycles. The van der Waals surface area contributed by atoms with Crippen molar-refractivity contribution < 1.29 is 0 Å². The first-order chi connectivity index (χ1) is 25.2. The number of halogens is 1. The van der Waals surface area contributed by atoms with Crippen molar-refractivity contribution in [1.29, 1.82) is 0 Å². The normalized spacial score (nSPS) is 13.4. The smallest absolute Gasteiger partial charge is 0.0726 e. The van der Waals surface area contributed by atoms with E-state index in [1.54, 1.807) is 0 Å². The second-order valence-electron chi connectivity index (χ2n) is 13.8. The molecule has 1 nitrogen and oxygen atoms in total. The van der Waals surface area contributed by atoms with Crippen molar-refractivity contribution in [3.8, 4) is 50.2 Å². The quantitative estimate of drug-likeness (QED) is 0.172. The number of para-hydroxylation sites is 1. The molecular weight excluding hydrogens is 682 g/mol. The Hall–Kier alpha value is -5.96. The molecule has 1 spiro atoms. The van der Waals surface area contributed by atoms with Crippen molar-refractivity contribution in [2.24, 2.45) is 0 Å². The van der Waals surface area contributed by atoms with Crippen LogP contribution in [0.25, 0.3) is 72.0 Å². The predicted molar refractivity (Wildman–Crippen MR) is 216 cm³/mol. The van der Waals surface area contributed by atoms with E-state index in [9.17, 15) is 0 Å². The Labute approximate surface area is 305 Å². The standard InChI is InChI=1S/C49H30BrN/c50-46-22-9-4-14-35(46)33-13-11-12-31(28-33)32-24-26-41-40-18-5-10-23-47(40)51(48(41)29-32)34-25-27-39-38-17-3-8-21-44(38)49(45(39)30-34)42-19-6-1-15-36(42)37-16-2-7-20-43(37)49/h1-30H. The van der Waals surface area contributed by atoms with E-state index in [4.69, 9.17) is 0 Å². The van der Waals surface area contributed by atoms with Gasteiger partial charge in [-0.3, -0.25) is 0 Å². The number of rotatable bonds is 3. The topological polar surface area (TPSA) is 4.93 Å².